The molecule has 0 fully saturated rings. The first-order chi connectivity index (χ1) is 15.5. The molecule has 4 nitrogen and oxygen atoms in total. The van der Waals surface area contributed by atoms with Crippen LogP contribution in [-0.2, 0) is 26.7 Å². The van der Waals surface area contributed by atoms with Crippen LogP contribution in [0.2, 0.25) is 0 Å². The molecule has 2 aromatic carbocycles. The van der Waals surface area contributed by atoms with Crippen LogP contribution in [0.25, 0.3) is 5.57 Å². The Bertz CT molecular complexity index is 1530. The lowest BCUT2D eigenvalue weighted by molar-refractivity contribution is -0.137. The average Bonchev–Trinajstić information content (AvgIpc) is 3.06. The van der Waals surface area contributed by atoms with Crippen molar-refractivity contribution in [3.8, 4) is 0 Å². The van der Waals surface area contributed by atoms with E-state index in [1.54, 1.807) is 35.9 Å². The summed E-state index contributed by atoms with van der Waals surface area (Å²) in [5.74, 6) is -2.64. The lowest BCUT2D eigenvalue weighted by Crippen LogP contribution is -2.34. The predicted octanol–water partition coefficient (Wildman–Crippen LogP) is 4.95. The molecular formula is C24H16F4N2O2S. The monoisotopic (exact) mass is 472 g/mol. The minimum Gasteiger partial charge on any atom is -0.325 e. The van der Waals surface area contributed by atoms with Crippen molar-refractivity contribution in [2.45, 2.75) is 18.5 Å². The van der Waals surface area contributed by atoms with Crippen LogP contribution < -0.4 is 5.56 Å². The largest absolute Gasteiger partial charge is 0.416 e. The highest BCUT2D eigenvalue weighted by molar-refractivity contribution is 7.71. The normalized spacial score (nSPS) is 17.2. The molecule has 33 heavy (non-hydrogen) atoms. The summed E-state index contributed by atoms with van der Waals surface area (Å²) in [6.07, 6.45) is -4.59. The van der Waals surface area contributed by atoms with Crippen LogP contribution in [0.4, 0.5) is 17.6 Å². The van der Waals surface area contributed by atoms with Crippen LogP contribution >= 0.6 is 12.2 Å². The van der Waals surface area contributed by atoms with Gasteiger partial charge in [-0.05, 0) is 47.1 Å². The van der Waals surface area contributed by atoms with Gasteiger partial charge in [0, 0.05) is 48.8 Å². The van der Waals surface area contributed by atoms with Gasteiger partial charge in [0.25, 0.3) is 5.56 Å². The van der Waals surface area contributed by atoms with Gasteiger partial charge in [-0.15, -0.1) is 0 Å². The second kappa shape index (κ2) is 7.08. The van der Waals surface area contributed by atoms with E-state index < -0.39 is 29.0 Å². The van der Waals surface area contributed by atoms with Crippen molar-refractivity contribution >= 4 is 23.6 Å². The van der Waals surface area contributed by atoms with Gasteiger partial charge in [-0.3, -0.25) is 14.2 Å². The van der Waals surface area contributed by atoms with Crippen LogP contribution in [-0.4, -0.2) is 14.9 Å². The number of alkyl halides is 3. The van der Waals surface area contributed by atoms with Gasteiger partial charge in [0.05, 0.1) is 5.56 Å². The third-order valence-electron chi connectivity index (χ3n) is 6.39. The number of carbonyl (C=O) groups is 1. The maximum atomic E-state index is 14.4. The first-order valence-corrected chi connectivity index (χ1v) is 10.4. The number of hydrogen-bond acceptors (Lipinski definition) is 3. The van der Waals surface area contributed by atoms with E-state index in [1.807, 2.05) is 0 Å². The Balaban J connectivity index is 1.89. The van der Waals surface area contributed by atoms with Crippen LogP contribution in [0.1, 0.15) is 44.2 Å². The van der Waals surface area contributed by atoms with E-state index >= 15 is 0 Å². The summed E-state index contributed by atoms with van der Waals surface area (Å²) in [6, 6.07) is 9.03. The molecule has 1 atom stereocenters. The number of benzene rings is 2. The summed E-state index contributed by atoms with van der Waals surface area (Å²) < 4.78 is 58.0. The lowest BCUT2D eigenvalue weighted by atomic mass is 9.76. The van der Waals surface area contributed by atoms with Gasteiger partial charge in [0.1, 0.15) is 5.82 Å². The predicted molar refractivity (Wildman–Crippen MR) is 116 cm³/mol. The maximum Gasteiger partial charge on any atom is 0.416 e. The van der Waals surface area contributed by atoms with Gasteiger partial charge in [0.15, 0.2) is 10.6 Å². The molecular weight excluding hydrogens is 456 g/mol. The second-order valence-corrected chi connectivity index (χ2v) is 8.58. The molecule has 168 valence electrons. The van der Waals surface area contributed by atoms with E-state index in [4.69, 9.17) is 12.2 Å². The Hall–Kier alpha value is -3.33. The SMILES string of the molecule is Cn1c2c(c(=O)n(C)c1=S)C(c1cc(F)cc(C(F)(F)F)c1)C1=C(C2)c2ccccc2C1=O. The average molecular weight is 472 g/mol. The summed E-state index contributed by atoms with van der Waals surface area (Å²) in [5, 5.41) is 0. The molecule has 1 heterocycles. The van der Waals surface area contributed by atoms with E-state index in [0.29, 0.717) is 28.5 Å². The number of allylic oxidation sites excluding steroid dienone is 2. The van der Waals surface area contributed by atoms with Crippen molar-refractivity contribution in [3.05, 3.63) is 102 Å². The van der Waals surface area contributed by atoms with Crippen molar-refractivity contribution in [2.24, 2.45) is 14.1 Å². The topological polar surface area (TPSA) is 44.0 Å². The fourth-order valence-electron chi connectivity index (χ4n) is 4.87. The number of rotatable bonds is 1. The molecule has 3 aromatic rings. The smallest absolute Gasteiger partial charge is 0.325 e. The Morgan fingerprint density at radius 2 is 1.67 bits per heavy atom. The zero-order chi connectivity index (χ0) is 23.8. The number of Topliss-reactive ketones (excluding diaryl/α,β-unsaturated/α-hetero) is 1. The number of halogens is 4. The Morgan fingerprint density at radius 3 is 2.33 bits per heavy atom. The number of fused-ring (bicyclic) bond motifs is 3. The van der Waals surface area contributed by atoms with Gasteiger partial charge in [-0.1, -0.05) is 24.3 Å². The summed E-state index contributed by atoms with van der Waals surface area (Å²) >= 11 is 5.37. The molecule has 9 heteroatoms. The Morgan fingerprint density at radius 1 is 1.00 bits per heavy atom. The van der Waals surface area contributed by atoms with Crippen LogP contribution in [0, 0.1) is 10.6 Å². The molecule has 0 spiro atoms. The van der Waals surface area contributed by atoms with E-state index in [1.165, 1.54) is 11.6 Å². The van der Waals surface area contributed by atoms with E-state index in [9.17, 15) is 27.2 Å². The lowest BCUT2D eigenvalue weighted by Gasteiger charge is -2.30. The summed E-state index contributed by atoms with van der Waals surface area (Å²) in [4.78, 5) is 26.8. The first kappa shape index (κ1) is 21.5. The fourth-order valence-corrected chi connectivity index (χ4v) is 5.06. The third-order valence-corrected chi connectivity index (χ3v) is 6.94. The molecule has 0 bridgehead atoms. The Kier molecular flexibility index (Phi) is 4.62. The number of aromatic nitrogens is 2. The molecule has 0 aliphatic heterocycles. The highest BCUT2D eigenvalue weighted by Gasteiger charge is 2.43. The van der Waals surface area contributed by atoms with Gasteiger partial charge in [0.2, 0.25) is 0 Å². The van der Waals surface area contributed by atoms with Crippen LogP contribution in [0.15, 0.2) is 52.8 Å². The maximum absolute atomic E-state index is 14.4. The van der Waals surface area contributed by atoms with Gasteiger partial charge >= 0.3 is 6.18 Å². The molecule has 0 radical (unpaired) electrons. The molecule has 2 aliphatic rings. The molecule has 0 saturated carbocycles. The highest BCUT2D eigenvalue weighted by Crippen LogP contribution is 2.49. The number of hydrogen-bond donors (Lipinski definition) is 0. The summed E-state index contributed by atoms with van der Waals surface area (Å²) in [7, 11) is 3.13. The van der Waals surface area contributed by atoms with Crippen molar-refractivity contribution in [1.82, 2.24) is 9.13 Å². The second-order valence-electron chi connectivity index (χ2n) is 8.21. The minimum atomic E-state index is -4.80. The molecule has 0 saturated heterocycles. The van der Waals surface area contributed by atoms with Crippen molar-refractivity contribution in [2.75, 3.05) is 0 Å². The number of nitrogens with zero attached hydrogens (tertiary/aromatic N) is 2. The zero-order valence-electron chi connectivity index (χ0n) is 17.5. The van der Waals surface area contributed by atoms with E-state index in [2.05, 4.69) is 0 Å². The molecule has 0 N–H and O–H groups in total. The quantitative estimate of drug-likeness (QED) is 0.372. The van der Waals surface area contributed by atoms with E-state index in [-0.39, 0.29) is 33.7 Å². The molecule has 1 aromatic heterocycles. The van der Waals surface area contributed by atoms with Crippen LogP contribution in [0.5, 0.6) is 0 Å². The fraction of sp³-hybridized carbons (Fsp3) is 0.208. The summed E-state index contributed by atoms with van der Waals surface area (Å²) in [5.41, 5.74) is 0.702. The summed E-state index contributed by atoms with van der Waals surface area (Å²) in [6.45, 7) is 0. The van der Waals surface area contributed by atoms with Gasteiger partial charge < -0.3 is 4.57 Å². The molecule has 5 rings (SSSR count). The zero-order valence-corrected chi connectivity index (χ0v) is 18.3. The van der Waals surface area contributed by atoms with Crippen molar-refractivity contribution in [1.29, 1.82) is 0 Å². The van der Waals surface area contributed by atoms with Crippen molar-refractivity contribution < 1.29 is 22.4 Å². The van der Waals surface area contributed by atoms with Crippen LogP contribution in [0.3, 0.4) is 0 Å². The standard InChI is InChI=1S/C24H16F4N2O2S/c1-29-17-10-16-14-5-3-4-6-15(14)21(31)19(16)18(20(17)22(32)30(2)23(29)33)11-7-12(24(26,27)28)9-13(25)8-11/h3-9,18H,10H2,1-2H3. The number of ketones is 1. The Labute approximate surface area is 190 Å². The molecule has 1 unspecified atom stereocenters. The molecule has 2 aliphatic carbocycles. The minimum absolute atomic E-state index is 0.105. The number of carbonyl (C=O) groups excluding carboxylic acids is 1. The van der Waals surface area contributed by atoms with Gasteiger partial charge in [-0.25, -0.2) is 4.39 Å². The van der Waals surface area contributed by atoms with Gasteiger partial charge in [-0.2, -0.15) is 13.2 Å². The van der Waals surface area contributed by atoms with Crippen molar-refractivity contribution in [3.63, 3.8) is 0 Å². The first-order valence-electron chi connectivity index (χ1n) is 10.0. The van der Waals surface area contributed by atoms with E-state index in [0.717, 1.165) is 12.1 Å². The molecule has 0 amide bonds. The highest BCUT2D eigenvalue weighted by atomic mass is 32.1. The third kappa shape index (κ3) is 3.06.